The summed E-state index contributed by atoms with van der Waals surface area (Å²) in [5.41, 5.74) is 1.00. The number of amides is 1. The minimum Gasteiger partial charge on any atom is -0.455 e. The number of rotatable bonds is 6. The van der Waals surface area contributed by atoms with Crippen LogP contribution in [0.15, 0.2) is 30.3 Å². The minimum atomic E-state index is -0.427. The Morgan fingerprint density at radius 3 is 2.62 bits per heavy atom. The third kappa shape index (κ3) is 6.13. The molecule has 1 fully saturated rings. The van der Waals surface area contributed by atoms with Crippen LogP contribution in [0.25, 0.3) is 0 Å². The maximum atomic E-state index is 11.8. The van der Waals surface area contributed by atoms with Crippen LogP contribution in [-0.4, -0.2) is 46.5 Å². The van der Waals surface area contributed by atoms with Crippen LogP contribution in [0.4, 0.5) is 0 Å². The normalized spacial score (nSPS) is 15.0. The summed E-state index contributed by atoms with van der Waals surface area (Å²) in [6, 6.07) is 9.50. The fraction of sp³-hybridized carbons (Fsp3) is 0.471. The molecule has 0 radical (unpaired) electrons. The smallest absolute Gasteiger partial charge is 0.316 e. The number of likely N-dealkylation sites (tertiary alicyclic amines) is 1. The SMILES string of the molecule is C[C@H](NC(=O)COC(=O)CSC(=S)N1CCCC1)c1ccccc1. The molecule has 1 saturated heterocycles. The van der Waals surface area contributed by atoms with E-state index in [2.05, 4.69) is 10.2 Å². The van der Waals surface area contributed by atoms with Crippen LogP contribution in [0.3, 0.4) is 0 Å². The highest BCUT2D eigenvalue weighted by atomic mass is 32.2. The van der Waals surface area contributed by atoms with Gasteiger partial charge in [0.2, 0.25) is 0 Å². The predicted molar refractivity (Wildman–Crippen MR) is 99.8 cm³/mol. The maximum absolute atomic E-state index is 11.8. The van der Waals surface area contributed by atoms with Crippen molar-refractivity contribution in [2.75, 3.05) is 25.4 Å². The molecule has 1 amide bonds. The Morgan fingerprint density at radius 1 is 1.29 bits per heavy atom. The fourth-order valence-corrected chi connectivity index (χ4v) is 3.46. The number of nitrogens with zero attached hydrogens (tertiary/aromatic N) is 1. The molecule has 1 atom stereocenters. The maximum Gasteiger partial charge on any atom is 0.316 e. The van der Waals surface area contributed by atoms with Crippen molar-refractivity contribution in [3.8, 4) is 0 Å². The Labute approximate surface area is 152 Å². The molecule has 24 heavy (non-hydrogen) atoms. The molecule has 0 aliphatic carbocycles. The van der Waals surface area contributed by atoms with E-state index >= 15 is 0 Å². The molecule has 1 aliphatic rings. The highest BCUT2D eigenvalue weighted by Crippen LogP contribution is 2.16. The van der Waals surface area contributed by atoms with Crippen LogP contribution >= 0.6 is 24.0 Å². The van der Waals surface area contributed by atoms with Crippen molar-refractivity contribution < 1.29 is 14.3 Å². The Balaban J connectivity index is 1.64. The molecule has 0 aromatic heterocycles. The zero-order valence-electron chi connectivity index (χ0n) is 13.7. The number of ether oxygens (including phenoxy) is 1. The molecule has 0 saturated carbocycles. The van der Waals surface area contributed by atoms with Crippen LogP contribution in [-0.2, 0) is 14.3 Å². The summed E-state index contributed by atoms with van der Waals surface area (Å²) in [6.07, 6.45) is 2.29. The lowest BCUT2D eigenvalue weighted by molar-refractivity contribution is -0.146. The Hall–Kier alpha value is -1.60. The van der Waals surface area contributed by atoms with Crippen molar-refractivity contribution in [1.29, 1.82) is 0 Å². The number of carbonyl (C=O) groups excluding carboxylic acids is 2. The molecule has 7 heteroatoms. The standard InChI is InChI=1S/C17H22N2O3S2/c1-13(14-7-3-2-4-8-14)18-15(20)11-22-16(21)12-24-17(23)19-9-5-6-10-19/h2-4,7-8,13H,5-6,9-12H2,1H3,(H,18,20)/t13-/m0/s1. The van der Waals surface area contributed by atoms with Gasteiger partial charge in [0.1, 0.15) is 4.32 Å². The second-order valence-electron chi connectivity index (χ2n) is 5.61. The molecule has 5 nitrogen and oxygen atoms in total. The fourth-order valence-electron chi connectivity index (χ4n) is 2.41. The van der Waals surface area contributed by atoms with E-state index in [0.717, 1.165) is 35.8 Å². The highest BCUT2D eigenvalue weighted by molar-refractivity contribution is 8.23. The van der Waals surface area contributed by atoms with Crippen molar-refractivity contribution >= 4 is 40.2 Å². The summed E-state index contributed by atoms with van der Waals surface area (Å²) in [5.74, 6) is -0.604. The summed E-state index contributed by atoms with van der Waals surface area (Å²) in [4.78, 5) is 25.7. The van der Waals surface area contributed by atoms with Gasteiger partial charge in [-0.3, -0.25) is 9.59 Å². The lowest BCUT2D eigenvalue weighted by atomic mass is 10.1. The third-order valence-electron chi connectivity index (χ3n) is 3.72. The zero-order valence-corrected chi connectivity index (χ0v) is 15.3. The highest BCUT2D eigenvalue weighted by Gasteiger charge is 2.17. The molecule has 1 aliphatic heterocycles. The number of thioether (sulfide) groups is 1. The van der Waals surface area contributed by atoms with E-state index in [1.165, 1.54) is 11.8 Å². The van der Waals surface area contributed by atoms with Crippen LogP contribution in [0.5, 0.6) is 0 Å². The topological polar surface area (TPSA) is 58.6 Å². The average molecular weight is 367 g/mol. The van der Waals surface area contributed by atoms with Crippen LogP contribution in [0, 0.1) is 0 Å². The Bertz CT molecular complexity index is 574. The summed E-state index contributed by atoms with van der Waals surface area (Å²) in [5, 5.41) is 2.80. The first-order valence-electron chi connectivity index (χ1n) is 7.98. The van der Waals surface area contributed by atoms with Gasteiger partial charge in [-0.15, -0.1) is 0 Å². The second-order valence-corrected chi connectivity index (χ2v) is 7.22. The van der Waals surface area contributed by atoms with E-state index < -0.39 is 5.97 Å². The zero-order chi connectivity index (χ0) is 17.4. The van der Waals surface area contributed by atoms with Gasteiger partial charge in [0, 0.05) is 13.1 Å². The number of nitrogens with one attached hydrogen (secondary N) is 1. The molecular formula is C17H22N2O3S2. The van der Waals surface area contributed by atoms with Gasteiger partial charge in [0.05, 0.1) is 11.8 Å². The number of thiocarbonyl (C=S) groups is 1. The first kappa shape index (κ1) is 18.7. The van der Waals surface area contributed by atoms with Gasteiger partial charge in [-0.1, -0.05) is 54.3 Å². The molecule has 1 heterocycles. The molecule has 0 unspecified atom stereocenters. The van der Waals surface area contributed by atoms with Gasteiger partial charge in [0.15, 0.2) is 6.61 Å². The van der Waals surface area contributed by atoms with Gasteiger partial charge >= 0.3 is 5.97 Å². The van der Waals surface area contributed by atoms with E-state index in [-0.39, 0.29) is 24.3 Å². The summed E-state index contributed by atoms with van der Waals surface area (Å²) in [7, 11) is 0. The minimum absolute atomic E-state index is 0.130. The predicted octanol–water partition coefficient (Wildman–Crippen LogP) is 2.52. The van der Waals surface area contributed by atoms with E-state index in [4.69, 9.17) is 17.0 Å². The molecule has 0 bridgehead atoms. The summed E-state index contributed by atoms with van der Waals surface area (Å²) < 4.78 is 5.73. The molecule has 1 aromatic carbocycles. The lowest BCUT2D eigenvalue weighted by Crippen LogP contribution is -2.31. The van der Waals surface area contributed by atoms with Crippen molar-refractivity contribution in [2.45, 2.75) is 25.8 Å². The molecular weight excluding hydrogens is 344 g/mol. The Morgan fingerprint density at radius 2 is 1.96 bits per heavy atom. The van der Waals surface area contributed by atoms with E-state index in [1.807, 2.05) is 37.3 Å². The molecule has 2 rings (SSSR count). The van der Waals surface area contributed by atoms with Gasteiger partial charge in [-0.25, -0.2) is 0 Å². The van der Waals surface area contributed by atoms with Gasteiger partial charge in [0.25, 0.3) is 5.91 Å². The van der Waals surface area contributed by atoms with Crippen molar-refractivity contribution in [2.24, 2.45) is 0 Å². The van der Waals surface area contributed by atoms with Gasteiger partial charge in [-0.05, 0) is 25.3 Å². The van der Waals surface area contributed by atoms with Crippen LogP contribution in [0.1, 0.15) is 31.4 Å². The number of hydrogen-bond donors (Lipinski definition) is 1. The van der Waals surface area contributed by atoms with E-state index in [9.17, 15) is 9.59 Å². The number of hydrogen-bond acceptors (Lipinski definition) is 5. The summed E-state index contributed by atoms with van der Waals surface area (Å²) in [6.45, 7) is 3.54. The quantitative estimate of drug-likeness (QED) is 0.617. The van der Waals surface area contributed by atoms with Crippen LogP contribution in [0.2, 0.25) is 0 Å². The van der Waals surface area contributed by atoms with Crippen molar-refractivity contribution in [3.05, 3.63) is 35.9 Å². The van der Waals surface area contributed by atoms with E-state index in [0.29, 0.717) is 0 Å². The Kier molecular flexibility index (Phi) is 7.52. The molecule has 1 N–H and O–H groups in total. The number of benzene rings is 1. The first-order valence-corrected chi connectivity index (χ1v) is 9.37. The van der Waals surface area contributed by atoms with Crippen molar-refractivity contribution in [1.82, 2.24) is 10.2 Å². The molecule has 1 aromatic rings. The van der Waals surface area contributed by atoms with E-state index in [1.54, 1.807) is 0 Å². The van der Waals surface area contributed by atoms with Gasteiger partial charge < -0.3 is 15.0 Å². The monoisotopic (exact) mass is 366 g/mol. The first-order chi connectivity index (χ1) is 11.6. The molecule has 130 valence electrons. The number of esters is 1. The van der Waals surface area contributed by atoms with Gasteiger partial charge in [-0.2, -0.15) is 0 Å². The number of carbonyl (C=O) groups is 2. The third-order valence-corrected chi connectivity index (χ3v) is 5.22. The molecule has 0 spiro atoms. The average Bonchev–Trinajstić information content (AvgIpc) is 3.13. The van der Waals surface area contributed by atoms with Crippen molar-refractivity contribution in [3.63, 3.8) is 0 Å². The largest absolute Gasteiger partial charge is 0.455 e. The van der Waals surface area contributed by atoms with Crippen LogP contribution < -0.4 is 5.32 Å². The summed E-state index contributed by atoms with van der Waals surface area (Å²) >= 11 is 6.58. The second kappa shape index (κ2) is 9.64. The lowest BCUT2D eigenvalue weighted by Gasteiger charge is -2.17.